The highest BCUT2D eigenvalue weighted by molar-refractivity contribution is 5.87. The molecule has 27 heavy (non-hydrogen) atoms. The zero-order valence-corrected chi connectivity index (χ0v) is 14.7. The Bertz CT molecular complexity index is 789. The third-order valence-electron chi connectivity index (χ3n) is 4.75. The van der Waals surface area contributed by atoms with Crippen LogP contribution in [0.15, 0.2) is 42.7 Å². The third-order valence-corrected chi connectivity index (χ3v) is 4.75. The lowest BCUT2D eigenvalue weighted by Crippen LogP contribution is -2.63. The molecule has 142 valence electrons. The maximum Gasteiger partial charge on any atom is 0.407 e. The quantitative estimate of drug-likeness (QED) is 0.739. The van der Waals surface area contributed by atoms with Crippen molar-refractivity contribution in [2.75, 3.05) is 39.3 Å². The molecule has 1 saturated heterocycles. The molecular formula is C18H21N4O5+. The summed E-state index contributed by atoms with van der Waals surface area (Å²) in [5, 5.41) is 18.3. The lowest BCUT2D eigenvalue weighted by atomic mass is 10.2. The Labute approximate surface area is 156 Å². The number of piperazine rings is 1. The van der Waals surface area contributed by atoms with Gasteiger partial charge in [-0.1, -0.05) is 6.07 Å². The van der Waals surface area contributed by atoms with Crippen LogP contribution in [0.5, 0.6) is 5.88 Å². The predicted molar refractivity (Wildman–Crippen MR) is 96.9 cm³/mol. The number of pyridine rings is 2. The summed E-state index contributed by atoms with van der Waals surface area (Å²) in [6.45, 7) is 2.78. The number of aromatic carboxylic acids is 1. The fraction of sp³-hybridized carbons (Fsp3) is 0.333. The summed E-state index contributed by atoms with van der Waals surface area (Å²) in [6, 6.07) is 8.63. The molecule has 0 bridgehead atoms. The molecule has 0 atom stereocenters. The van der Waals surface area contributed by atoms with Crippen molar-refractivity contribution in [3.63, 3.8) is 0 Å². The van der Waals surface area contributed by atoms with Gasteiger partial charge in [0.2, 0.25) is 11.7 Å². The van der Waals surface area contributed by atoms with Crippen molar-refractivity contribution < 1.29 is 24.5 Å². The first kappa shape index (κ1) is 18.6. The van der Waals surface area contributed by atoms with E-state index in [1.807, 2.05) is 6.07 Å². The molecule has 1 aliphatic heterocycles. The SMILES string of the molecule is O=C(O)c1ccc([N+]2(CCOc3ccccn3)CCN(C(=O)O)CC2)nc1. The standard InChI is InChI=1S/C18H20N4O5/c23-17(24)14-4-5-15(20-13-14)22(9-7-21(8-10-22)18(25)26)11-12-27-16-3-1-2-6-19-16/h1-6,13H,7-12H2,(H-,23,24,25,26)/p+1. The molecule has 1 amide bonds. The van der Waals surface area contributed by atoms with Crippen LogP contribution >= 0.6 is 0 Å². The van der Waals surface area contributed by atoms with E-state index in [2.05, 4.69) is 9.97 Å². The van der Waals surface area contributed by atoms with Gasteiger partial charge in [0, 0.05) is 24.5 Å². The number of aromatic nitrogens is 2. The molecule has 0 saturated carbocycles. The van der Waals surface area contributed by atoms with Gasteiger partial charge >= 0.3 is 12.1 Å². The summed E-state index contributed by atoms with van der Waals surface area (Å²) in [6.07, 6.45) is 2.05. The first-order valence-corrected chi connectivity index (χ1v) is 8.58. The minimum absolute atomic E-state index is 0.116. The number of nitrogens with zero attached hydrogens (tertiary/aromatic N) is 4. The van der Waals surface area contributed by atoms with E-state index >= 15 is 0 Å². The summed E-state index contributed by atoms with van der Waals surface area (Å²) < 4.78 is 6.14. The van der Waals surface area contributed by atoms with Gasteiger partial charge in [0.1, 0.15) is 26.2 Å². The van der Waals surface area contributed by atoms with E-state index in [0.29, 0.717) is 55.5 Å². The zero-order valence-electron chi connectivity index (χ0n) is 14.7. The van der Waals surface area contributed by atoms with Crippen LogP contribution in [0.25, 0.3) is 0 Å². The van der Waals surface area contributed by atoms with Crippen LogP contribution in [-0.2, 0) is 0 Å². The molecule has 0 unspecified atom stereocenters. The van der Waals surface area contributed by atoms with E-state index in [1.54, 1.807) is 24.4 Å². The van der Waals surface area contributed by atoms with E-state index in [-0.39, 0.29) is 5.56 Å². The molecule has 1 aliphatic rings. The number of carbonyl (C=O) groups is 2. The van der Waals surface area contributed by atoms with Gasteiger partial charge in [-0.3, -0.25) is 9.38 Å². The second-order valence-corrected chi connectivity index (χ2v) is 6.31. The van der Waals surface area contributed by atoms with E-state index in [1.165, 1.54) is 17.2 Å². The van der Waals surface area contributed by atoms with Gasteiger partial charge in [-0.15, -0.1) is 0 Å². The number of hydrogen-bond donors (Lipinski definition) is 2. The predicted octanol–water partition coefficient (Wildman–Crippen LogP) is 1.55. The van der Waals surface area contributed by atoms with Gasteiger partial charge in [0.05, 0.1) is 18.7 Å². The summed E-state index contributed by atoms with van der Waals surface area (Å²) in [5.74, 6) is 0.193. The highest BCUT2D eigenvalue weighted by Crippen LogP contribution is 2.24. The highest BCUT2D eigenvalue weighted by atomic mass is 16.5. The molecule has 0 radical (unpaired) electrons. The van der Waals surface area contributed by atoms with Crippen molar-refractivity contribution in [2.45, 2.75) is 0 Å². The van der Waals surface area contributed by atoms with Crippen LogP contribution in [0.2, 0.25) is 0 Å². The monoisotopic (exact) mass is 373 g/mol. The molecular weight excluding hydrogens is 352 g/mol. The molecule has 3 heterocycles. The topological polar surface area (TPSA) is 113 Å². The molecule has 2 aromatic rings. The Balaban J connectivity index is 1.76. The summed E-state index contributed by atoms with van der Waals surface area (Å²) >= 11 is 0. The van der Waals surface area contributed by atoms with Crippen molar-refractivity contribution >= 4 is 17.9 Å². The Morgan fingerprint density at radius 2 is 1.89 bits per heavy atom. The molecule has 2 aromatic heterocycles. The van der Waals surface area contributed by atoms with Crippen molar-refractivity contribution in [1.82, 2.24) is 19.4 Å². The first-order chi connectivity index (χ1) is 13.0. The summed E-state index contributed by atoms with van der Waals surface area (Å²) in [7, 11) is 0. The fourth-order valence-electron chi connectivity index (χ4n) is 3.16. The molecule has 0 aromatic carbocycles. The number of hydrogen-bond acceptors (Lipinski definition) is 5. The van der Waals surface area contributed by atoms with Gasteiger partial charge in [-0.05, 0) is 12.1 Å². The Morgan fingerprint density at radius 1 is 1.11 bits per heavy atom. The van der Waals surface area contributed by atoms with Gasteiger partial charge < -0.3 is 14.9 Å². The largest absolute Gasteiger partial charge is 0.478 e. The average Bonchev–Trinajstić information content (AvgIpc) is 2.69. The molecule has 0 aliphatic carbocycles. The molecule has 2 N–H and O–H groups in total. The van der Waals surface area contributed by atoms with Gasteiger partial charge in [0.25, 0.3) is 0 Å². The first-order valence-electron chi connectivity index (χ1n) is 8.58. The normalized spacial score (nSPS) is 15.9. The van der Waals surface area contributed by atoms with E-state index < -0.39 is 12.1 Å². The van der Waals surface area contributed by atoms with Crippen LogP contribution in [0, 0.1) is 0 Å². The smallest absolute Gasteiger partial charge is 0.407 e. The van der Waals surface area contributed by atoms with Gasteiger partial charge in [0.15, 0.2) is 0 Å². The minimum atomic E-state index is -1.03. The number of ether oxygens (including phenoxy) is 1. The van der Waals surface area contributed by atoms with Gasteiger partial charge in [-0.25, -0.2) is 19.6 Å². The fourth-order valence-corrected chi connectivity index (χ4v) is 3.16. The van der Waals surface area contributed by atoms with Crippen LogP contribution < -0.4 is 9.22 Å². The molecule has 3 rings (SSSR count). The van der Waals surface area contributed by atoms with E-state index in [4.69, 9.17) is 9.84 Å². The Kier molecular flexibility index (Phi) is 5.51. The molecule has 9 nitrogen and oxygen atoms in total. The maximum atomic E-state index is 11.2. The van der Waals surface area contributed by atoms with Crippen LogP contribution in [-0.4, -0.2) is 76.5 Å². The molecule has 9 heteroatoms. The number of rotatable bonds is 6. The van der Waals surface area contributed by atoms with E-state index in [9.17, 15) is 14.7 Å². The van der Waals surface area contributed by atoms with Crippen molar-refractivity contribution in [3.8, 4) is 5.88 Å². The Hall–Kier alpha value is -3.20. The van der Waals surface area contributed by atoms with Crippen LogP contribution in [0.4, 0.5) is 10.6 Å². The average molecular weight is 373 g/mol. The Morgan fingerprint density at radius 3 is 2.44 bits per heavy atom. The van der Waals surface area contributed by atoms with Crippen LogP contribution in [0.3, 0.4) is 0 Å². The summed E-state index contributed by atoms with van der Waals surface area (Å²) in [4.78, 5) is 32.1. The maximum absolute atomic E-state index is 11.2. The number of quaternary nitrogens is 1. The number of amides is 1. The second-order valence-electron chi connectivity index (χ2n) is 6.31. The second kappa shape index (κ2) is 8.00. The number of carboxylic acid groups (broad SMARTS) is 2. The third kappa shape index (κ3) is 4.32. The lowest BCUT2D eigenvalue weighted by molar-refractivity contribution is 0.0695. The van der Waals surface area contributed by atoms with Crippen molar-refractivity contribution in [1.29, 1.82) is 0 Å². The highest BCUT2D eigenvalue weighted by Gasteiger charge is 2.38. The van der Waals surface area contributed by atoms with E-state index in [0.717, 1.165) is 0 Å². The number of carboxylic acids is 1. The van der Waals surface area contributed by atoms with Crippen molar-refractivity contribution in [2.24, 2.45) is 0 Å². The van der Waals surface area contributed by atoms with Gasteiger partial charge in [-0.2, -0.15) is 0 Å². The lowest BCUT2D eigenvalue weighted by Gasteiger charge is -2.42. The molecule has 1 fully saturated rings. The minimum Gasteiger partial charge on any atom is -0.478 e. The zero-order chi connectivity index (χ0) is 19.3. The van der Waals surface area contributed by atoms with Crippen LogP contribution in [0.1, 0.15) is 10.4 Å². The van der Waals surface area contributed by atoms with Crippen molar-refractivity contribution in [3.05, 3.63) is 48.3 Å². The molecule has 0 spiro atoms. The summed E-state index contributed by atoms with van der Waals surface area (Å²) in [5.41, 5.74) is 0.116.